The Morgan fingerprint density at radius 2 is 2.07 bits per heavy atom. The third kappa shape index (κ3) is 3.97. The van der Waals surface area contributed by atoms with Crippen LogP contribution in [0.25, 0.3) is 0 Å². The van der Waals surface area contributed by atoms with E-state index >= 15 is 0 Å². The lowest BCUT2D eigenvalue weighted by Gasteiger charge is -2.02. The van der Waals surface area contributed by atoms with Crippen LogP contribution in [0.2, 0.25) is 0 Å². The van der Waals surface area contributed by atoms with Crippen molar-refractivity contribution in [2.75, 3.05) is 0 Å². The van der Waals surface area contributed by atoms with Crippen LogP contribution in [-0.2, 0) is 4.79 Å². The standard InChI is InChI=1S/C13H15NO/c1-2-6-12(14)13(15)10-9-11-7-4-3-5-8-11/h3-5,7-8,12H,2,6,14H2,1H3. The van der Waals surface area contributed by atoms with Crippen molar-refractivity contribution >= 4 is 5.78 Å². The highest BCUT2D eigenvalue weighted by Crippen LogP contribution is 1.97. The fraction of sp³-hybridized carbons (Fsp3) is 0.308. The summed E-state index contributed by atoms with van der Waals surface area (Å²) in [6.45, 7) is 2.00. The highest BCUT2D eigenvalue weighted by atomic mass is 16.1. The first kappa shape index (κ1) is 11.5. The van der Waals surface area contributed by atoms with Gasteiger partial charge in [0.15, 0.2) is 0 Å². The molecule has 0 amide bonds. The summed E-state index contributed by atoms with van der Waals surface area (Å²) in [5, 5.41) is 0. The second-order valence-electron chi connectivity index (χ2n) is 3.38. The molecule has 2 nitrogen and oxygen atoms in total. The van der Waals surface area contributed by atoms with E-state index in [0.29, 0.717) is 6.42 Å². The third-order valence-corrected chi connectivity index (χ3v) is 2.04. The van der Waals surface area contributed by atoms with Gasteiger partial charge in [-0.15, -0.1) is 0 Å². The molecule has 1 aromatic carbocycles. The van der Waals surface area contributed by atoms with Crippen LogP contribution in [0.4, 0.5) is 0 Å². The number of ketones is 1. The first-order valence-electron chi connectivity index (χ1n) is 5.10. The Morgan fingerprint density at radius 1 is 1.40 bits per heavy atom. The van der Waals surface area contributed by atoms with Crippen LogP contribution in [0.5, 0.6) is 0 Å². The molecule has 0 aliphatic heterocycles. The molecule has 0 fully saturated rings. The Kier molecular flexibility index (Phi) is 4.59. The maximum absolute atomic E-state index is 11.4. The number of hydrogen-bond acceptors (Lipinski definition) is 2. The molecule has 1 atom stereocenters. The molecule has 2 heteroatoms. The maximum atomic E-state index is 11.4. The van der Waals surface area contributed by atoms with Gasteiger partial charge in [-0.1, -0.05) is 37.5 Å². The molecule has 0 saturated carbocycles. The minimum atomic E-state index is -0.439. The zero-order chi connectivity index (χ0) is 11.1. The molecule has 0 bridgehead atoms. The lowest BCUT2D eigenvalue weighted by molar-refractivity contribution is -0.115. The summed E-state index contributed by atoms with van der Waals surface area (Å²) in [6, 6.07) is 8.99. The van der Waals surface area contributed by atoms with E-state index in [1.54, 1.807) is 0 Å². The molecule has 0 aromatic heterocycles. The second-order valence-corrected chi connectivity index (χ2v) is 3.38. The third-order valence-electron chi connectivity index (χ3n) is 2.04. The molecule has 0 aliphatic rings. The number of carbonyl (C=O) groups is 1. The van der Waals surface area contributed by atoms with Crippen molar-refractivity contribution in [3.8, 4) is 11.8 Å². The van der Waals surface area contributed by atoms with E-state index in [4.69, 9.17) is 5.73 Å². The van der Waals surface area contributed by atoms with Crippen LogP contribution in [0, 0.1) is 11.8 Å². The first-order chi connectivity index (χ1) is 7.24. The zero-order valence-electron chi connectivity index (χ0n) is 8.86. The average Bonchev–Trinajstić information content (AvgIpc) is 2.27. The number of carbonyl (C=O) groups excluding carboxylic acids is 1. The number of hydrogen-bond donors (Lipinski definition) is 1. The predicted molar refractivity (Wildman–Crippen MR) is 61.2 cm³/mol. The summed E-state index contributed by atoms with van der Waals surface area (Å²) in [6.07, 6.45) is 1.60. The van der Waals surface area contributed by atoms with Crippen LogP contribution >= 0.6 is 0 Å². The van der Waals surface area contributed by atoms with Crippen molar-refractivity contribution in [1.82, 2.24) is 0 Å². The monoisotopic (exact) mass is 201 g/mol. The summed E-state index contributed by atoms with van der Waals surface area (Å²) >= 11 is 0. The quantitative estimate of drug-likeness (QED) is 0.757. The molecule has 0 saturated heterocycles. The second kappa shape index (κ2) is 6.00. The van der Waals surface area contributed by atoms with Gasteiger partial charge in [-0.3, -0.25) is 4.79 Å². The highest BCUT2D eigenvalue weighted by Gasteiger charge is 2.08. The van der Waals surface area contributed by atoms with E-state index in [0.717, 1.165) is 12.0 Å². The summed E-state index contributed by atoms with van der Waals surface area (Å²) in [5.74, 6) is 5.19. The highest BCUT2D eigenvalue weighted by molar-refractivity contribution is 5.99. The Labute approximate surface area is 90.5 Å². The van der Waals surface area contributed by atoms with Crippen molar-refractivity contribution < 1.29 is 4.79 Å². The van der Waals surface area contributed by atoms with Gasteiger partial charge in [0.05, 0.1) is 6.04 Å². The van der Waals surface area contributed by atoms with Crippen molar-refractivity contribution in [1.29, 1.82) is 0 Å². The Hall–Kier alpha value is -1.59. The molecule has 0 radical (unpaired) electrons. The van der Waals surface area contributed by atoms with Gasteiger partial charge in [0.1, 0.15) is 0 Å². The van der Waals surface area contributed by atoms with Gasteiger partial charge < -0.3 is 5.73 Å². The van der Waals surface area contributed by atoms with Gasteiger partial charge in [0.25, 0.3) is 0 Å². The number of benzene rings is 1. The minimum absolute atomic E-state index is 0.180. The van der Waals surface area contributed by atoms with Crippen molar-refractivity contribution in [3.63, 3.8) is 0 Å². The fourth-order valence-corrected chi connectivity index (χ4v) is 1.19. The largest absolute Gasteiger partial charge is 0.321 e. The first-order valence-corrected chi connectivity index (χ1v) is 5.10. The minimum Gasteiger partial charge on any atom is -0.321 e. The van der Waals surface area contributed by atoms with Crippen LogP contribution < -0.4 is 5.73 Å². The number of nitrogens with two attached hydrogens (primary N) is 1. The summed E-state index contributed by atoms with van der Waals surface area (Å²) in [7, 11) is 0. The lowest BCUT2D eigenvalue weighted by atomic mass is 10.1. The molecule has 0 heterocycles. The molecule has 0 spiro atoms. The molecule has 0 aliphatic carbocycles. The van der Waals surface area contributed by atoms with Crippen LogP contribution in [0.1, 0.15) is 25.3 Å². The summed E-state index contributed by atoms with van der Waals surface area (Å²) in [4.78, 5) is 11.4. The molecule has 1 rings (SSSR count). The molecule has 1 aromatic rings. The number of rotatable bonds is 3. The average molecular weight is 201 g/mol. The summed E-state index contributed by atoms with van der Waals surface area (Å²) in [5.41, 5.74) is 6.48. The van der Waals surface area contributed by atoms with Crippen molar-refractivity contribution in [2.45, 2.75) is 25.8 Å². The van der Waals surface area contributed by atoms with Gasteiger partial charge in [-0.2, -0.15) is 0 Å². The topological polar surface area (TPSA) is 43.1 Å². The summed E-state index contributed by atoms with van der Waals surface area (Å²) < 4.78 is 0. The molecule has 78 valence electrons. The van der Waals surface area contributed by atoms with E-state index in [9.17, 15) is 4.79 Å². The maximum Gasteiger partial charge on any atom is 0.222 e. The van der Waals surface area contributed by atoms with Crippen LogP contribution in [0.3, 0.4) is 0 Å². The van der Waals surface area contributed by atoms with Gasteiger partial charge >= 0.3 is 0 Å². The smallest absolute Gasteiger partial charge is 0.222 e. The van der Waals surface area contributed by atoms with Crippen molar-refractivity contribution in [3.05, 3.63) is 35.9 Å². The van der Waals surface area contributed by atoms with E-state index in [-0.39, 0.29) is 5.78 Å². The van der Waals surface area contributed by atoms with Gasteiger partial charge in [0.2, 0.25) is 5.78 Å². The molecular weight excluding hydrogens is 186 g/mol. The molecule has 15 heavy (non-hydrogen) atoms. The van der Waals surface area contributed by atoms with Crippen molar-refractivity contribution in [2.24, 2.45) is 5.73 Å². The van der Waals surface area contributed by atoms with Crippen LogP contribution in [0.15, 0.2) is 30.3 Å². The fourth-order valence-electron chi connectivity index (χ4n) is 1.19. The van der Waals surface area contributed by atoms with E-state index < -0.39 is 6.04 Å². The lowest BCUT2D eigenvalue weighted by Crippen LogP contribution is -2.28. The SMILES string of the molecule is CCCC(N)C(=O)C#Cc1ccccc1. The predicted octanol–water partition coefficient (Wildman–Crippen LogP) is 1.73. The molecular formula is C13H15NO. The Morgan fingerprint density at radius 3 is 2.67 bits per heavy atom. The van der Waals surface area contributed by atoms with E-state index in [1.807, 2.05) is 37.3 Å². The van der Waals surface area contributed by atoms with Gasteiger partial charge in [-0.05, 0) is 24.5 Å². The Bertz CT molecular complexity index is 373. The zero-order valence-corrected chi connectivity index (χ0v) is 8.86. The van der Waals surface area contributed by atoms with Gasteiger partial charge in [0, 0.05) is 5.56 Å². The normalized spacial score (nSPS) is 11.3. The molecule has 2 N–H and O–H groups in total. The Balaban J connectivity index is 2.62. The van der Waals surface area contributed by atoms with E-state index in [1.165, 1.54) is 0 Å². The van der Waals surface area contributed by atoms with Gasteiger partial charge in [-0.25, -0.2) is 0 Å². The van der Waals surface area contributed by atoms with Crippen LogP contribution in [-0.4, -0.2) is 11.8 Å². The van der Waals surface area contributed by atoms with E-state index in [2.05, 4.69) is 11.8 Å². The molecule has 1 unspecified atom stereocenters. The number of Topliss-reactive ketones (excluding diaryl/α,β-unsaturated/α-hetero) is 1.